The third-order valence-electron chi connectivity index (χ3n) is 7.92. The van der Waals surface area contributed by atoms with Gasteiger partial charge in [0.1, 0.15) is 11.5 Å². The quantitative estimate of drug-likeness (QED) is 0.382. The number of nitrogens with one attached hydrogen (secondary N) is 1. The van der Waals surface area contributed by atoms with Gasteiger partial charge in [-0.2, -0.15) is 0 Å². The molecule has 0 radical (unpaired) electrons. The number of nitrogens with zero attached hydrogens (tertiary/aromatic N) is 2. The summed E-state index contributed by atoms with van der Waals surface area (Å²) in [4.78, 5) is 30.4. The van der Waals surface area contributed by atoms with E-state index in [0.717, 1.165) is 42.1 Å². The molecule has 4 aromatic rings. The fourth-order valence-corrected chi connectivity index (χ4v) is 6.05. The van der Waals surface area contributed by atoms with Crippen LogP contribution in [0.3, 0.4) is 0 Å². The van der Waals surface area contributed by atoms with Crippen molar-refractivity contribution >= 4 is 22.7 Å². The first-order valence-corrected chi connectivity index (χ1v) is 13.1. The lowest BCUT2D eigenvalue weighted by molar-refractivity contribution is -0.136. The van der Waals surface area contributed by atoms with Crippen LogP contribution in [-0.4, -0.2) is 27.3 Å². The van der Waals surface area contributed by atoms with Gasteiger partial charge in [0.05, 0.1) is 6.54 Å². The summed E-state index contributed by atoms with van der Waals surface area (Å²) in [5, 5.41) is 4.28. The molecular formula is C31H30FN3O2. The summed E-state index contributed by atoms with van der Waals surface area (Å²) in [6.07, 6.45) is 5.22. The fourth-order valence-electron chi connectivity index (χ4n) is 6.05. The van der Waals surface area contributed by atoms with Crippen LogP contribution in [0.4, 0.5) is 4.39 Å². The van der Waals surface area contributed by atoms with Crippen molar-refractivity contribution < 1.29 is 14.0 Å². The second-order valence-corrected chi connectivity index (χ2v) is 10.2. The molecule has 0 saturated heterocycles. The van der Waals surface area contributed by atoms with Crippen LogP contribution < -0.4 is 5.32 Å². The second kappa shape index (κ2) is 9.51. The summed E-state index contributed by atoms with van der Waals surface area (Å²) in [5.74, 6) is -0.791. The van der Waals surface area contributed by atoms with Gasteiger partial charge in [-0.15, -0.1) is 0 Å². The van der Waals surface area contributed by atoms with Crippen LogP contribution in [-0.2, 0) is 23.4 Å². The number of para-hydroxylation sites is 1. The van der Waals surface area contributed by atoms with Gasteiger partial charge in [-0.3, -0.25) is 9.59 Å². The molecule has 37 heavy (non-hydrogen) atoms. The van der Waals surface area contributed by atoms with E-state index >= 15 is 0 Å². The Morgan fingerprint density at radius 3 is 2.46 bits per heavy atom. The Bertz CT molecular complexity index is 1460. The molecule has 2 aliphatic rings. The molecule has 2 heterocycles. The Kier molecular flexibility index (Phi) is 6.03. The molecule has 0 bridgehead atoms. The Morgan fingerprint density at radius 1 is 0.919 bits per heavy atom. The first-order chi connectivity index (χ1) is 18.1. The van der Waals surface area contributed by atoms with Crippen molar-refractivity contribution in [2.75, 3.05) is 0 Å². The minimum Gasteiger partial charge on any atom is -0.351 e. The van der Waals surface area contributed by atoms with E-state index in [1.54, 1.807) is 17.0 Å². The van der Waals surface area contributed by atoms with Crippen LogP contribution in [0, 0.1) is 5.82 Å². The van der Waals surface area contributed by atoms with Gasteiger partial charge >= 0.3 is 0 Å². The maximum atomic E-state index is 14.5. The molecule has 1 atom stereocenters. The molecule has 6 heteroatoms. The van der Waals surface area contributed by atoms with Crippen molar-refractivity contribution in [2.24, 2.45) is 0 Å². The molecule has 6 rings (SSSR count). The van der Waals surface area contributed by atoms with Crippen molar-refractivity contribution in [1.29, 1.82) is 0 Å². The number of rotatable bonds is 5. The summed E-state index contributed by atoms with van der Waals surface area (Å²) < 4.78 is 16.2. The number of benzene rings is 3. The summed E-state index contributed by atoms with van der Waals surface area (Å²) in [6, 6.07) is 25.7. The number of hydrogen-bond donors (Lipinski definition) is 1. The van der Waals surface area contributed by atoms with Crippen molar-refractivity contribution in [2.45, 2.75) is 56.8 Å². The summed E-state index contributed by atoms with van der Waals surface area (Å²) >= 11 is 0. The lowest BCUT2D eigenvalue weighted by atomic mass is 9.83. The van der Waals surface area contributed by atoms with Crippen molar-refractivity contribution in [1.82, 2.24) is 14.8 Å². The van der Waals surface area contributed by atoms with Gasteiger partial charge in [-0.25, -0.2) is 4.39 Å². The zero-order valence-electron chi connectivity index (χ0n) is 20.7. The Balaban J connectivity index is 1.54. The van der Waals surface area contributed by atoms with Crippen molar-refractivity contribution in [3.63, 3.8) is 0 Å². The molecule has 3 aromatic carbocycles. The summed E-state index contributed by atoms with van der Waals surface area (Å²) in [5.41, 5.74) is 1.55. The maximum Gasteiger partial charge on any atom is 0.272 e. The highest BCUT2D eigenvalue weighted by atomic mass is 19.1. The van der Waals surface area contributed by atoms with Crippen LogP contribution in [0.1, 0.15) is 53.7 Å². The molecule has 5 nitrogen and oxygen atoms in total. The van der Waals surface area contributed by atoms with Gasteiger partial charge in [0.15, 0.2) is 5.54 Å². The normalized spacial score (nSPS) is 20.1. The highest BCUT2D eigenvalue weighted by Crippen LogP contribution is 2.40. The SMILES string of the molecule is O=C1c2cc3ccccc3n2C[C@](C(=O)NC2CCCCC2)(c2ccccc2)N1Cc1cccc(F)c1. The van der Waals surface area contributed by atoms with Gasteiger partial charge in [-0.1, -0.05) is 79.9 Å². The molecule has 1 fully saturated rings. The van der Waals surface area contributed by atoms with Gasteiger partial charge in [0, 0.05) is 23.5 Å². The van der Waals surface area contributed by atoms with Gasteiger partial charge in [0.25, 0.3) is 11.8 Å². The second-order valence-electron chi connectivity index (χ2n) is 10.2. The standard InChI is InChI=1S/C31H30FN3O2/c32-25-14-9-10-22(18-25)20-35-29(36)28-19-23-11-7-8-17-27(23)34(28)21-31(35,24-12-3-1-4-13-24)30(37)33-26-15-5-2-6-16-26/h1,3-4,7-14,17-19,26H,2,5-6,15-16,20-21H2,(H,33,37)/t31-/m1/s1. The van der Waals surface area contributed by atoms with Crippen LogP contribution in [0.15, 0.2) is 84.9 Å². The van der Waals surface area contributed by atoms with E-state index in [-0.39, 0.29) is 36.8 Å². The number of carbonyl (C=O) groups is 2. The number of amides is 2. The lowest BCUT2D eigenvalue weighted by Crippen LogP contribution is -2.64. The maximum absolute atomic E-state index is 14.5. The van der Waals surface area contributed by atoms with Crippen LogP contribution >= 0.6 is 0 Å². The van der Waals surface area contributed by atoms with E-state index in [4.69, 9.17) is 0 Å². The summed E-state index contributed by atoms with van der Waals surface area (Å²) in [6.45, 7) is 0.393. The highest BCUT2D eigenvalue weighted by molar-refractivity contribution is 6.04. The Labute approximate surface area is 215 Å². The van der Waals surface area contributed by atoms with Gasteiger partial charge in [0.2, 0.25) is 0 Å². The predicted octanol–water partition coefficient (Wildman–Crippen LogP) is 5.78. The molecule has 0 unspecified atom stereocenters. The first-order valence-electron chi connectivity index (χ1n) is 13.1. The monoisotopic (exact) mass is 495 g/mol. The van der Waals surface area contributed by atoms with E-state index in [1.807, 2.05) is 65.2 Å². The van der Waals surface area contributed by atoms with E-state index < -0.39 is 5.54 Å². The molecule has 1 aliphatic carbocycles. The minimum atomic E-state index is -1.29. The van der Waals surface area contributed by atoms with Crippen LogP contribution in [0.25, 0.3) is 10.9 Å². The number of halogens is 1. The number of carbonyl (C=O) groups excluding carboxylic acids is 2. The van der Waals surface area contributed by atoms with E-state index in [0.29, 0.717) is 11.3 Å². The number of hydrogen-bond acceptors (Lipinski definition) is 2. The largest absolute Gasteiger partial charge is 0.351 e. The van der Waals surface area contributed by atoms with Crippen molar-refractivity contribution in [3.8, 4) is 0 Å². The molecule has 1 saturated carbocycles. The molecule has 2 amide bonds. The average molecular weight is 496 g/mol. The van der Waals surface area contributed by atoms with Crippen LogP contribution in [0.2, 0.25) is 0 Å². The van der Waals surface area contributed by atoms with Gasteiger partial charge < -0.3 is 14.8 Å². The molecule has 1 aromatic heterocycles. The lowest BCUT2D eigenvalue weighted by Gasteiger charge is -2.47. The topological polar surface area (TPSA) is 54.3 Å². The van der Waals surface area contributed by atoms with E-state index in [1.165, 1.54) is 18.6 Å². The predicted molar refractivity (Wildman–Crippen MR) is 141 cm³/mol. The fraction of sp³-hybridized carbons (Fsp3) is 0.290. The average Bonchev–Trinajstić information content (AvgIpc) is 3.30. The smallest absolute Gasteiger partial charge is 0.272 e. The summed E-state index contributed by atoms with van der Waals surface area (Å²) in [7, 11) is 0. The molecule has 0 spiro atoms. The Hall–Kier alpha value is -3.93. The minimum absolute atomic E-state index is 0.0794. The third-order valence-corrected chi connectivity index (χ3v) is 7.92. The first kappa shape index (κ1) is 23.5. The molecular weight excluding hydrogens is 465 g/mol. The zero-order valence-corrected chi connectivity index (χ0v) is 20.7. The number of aromatic nitrogens is 1. The third kappa shape index (κ3) is 4.10. The Morgan fingerprint density at radius 2 is 1.68 bits per heavy atom. The molecule has 188 valence electrons. The van der Waals surface area contributed by atoms with E-state index in [9.17, 15) is 14.0 Å². The zero-order chi connectivity index (χ0) is 25.4. The van der Waals surface area contributed by atoms with Gasteiger partial charge in [-0.05, 0) is 48.2 Å². The molecule has 1 N–H and O–H groups in total. The van der Waals surface area contributed by atoms with E-state index in [2.05, 4.69) is 5.32 Å². The number of fused-ring (bicyclic) bond motifs is 3. The van der Waals surface area contributed by atoms with Crippen LogP contribution in [0.5, 0.6) is 0 Å². The highest BCUT2D eigenvalue weighted by Gasteiger charge is 2.52. The van der Waals surface area contributed by atoms with Crippen molar-refractivity contribution in [3.05, 3.63) is 108 Å². The molecule has 1 aliphatic heterocycles.